The molecule has 1 aromatic heterocycles. The van der Waals surface area contributed by atoms with Crippen molar-refractivity contribution in [2.24, 2.45) is 0 Å². The van der Waals surface area contributed by atoms with Gasteiger partial charge in [-0.25, -0.2) is 9.78 Å². The number of amides is 1. The van der Waals surface area contributed by atoms with E-state index in [-0.39, 0.29) is 16.6 Å². The summed E-state index contributed by atoms with van der Waals surface area (Å²) in [5.41, 5.74) is 0.866. The Balaban J connectivity index is 1.97. The Morgan fingerprint density at radius 1 is 1.28 bits per heavy atom. The number of carboxylic acid groups (broad SMARTS) is 1. The number of carbonyl (C=O) groups is 2. The van der Waals surface area contributed by atoms with Crippen molar-refractivity contribution in [1.82, 2.24) is 10.3 Å². The molecule has 0 radical (unpaired) electrons. The summed E-state index contributed by atoms with van der Waals surface area (Å²) in [5.74, 6) is -1.50. The van der Waals surface area contributed by atoms with Crippen LogP contribution in [0.3, 0.4) is 0 Å². The number of carboxylic acids is 1. The number of hydrogen-bond acceptors (Lipinski definition) is 4. The number of nitrogens with one attached hydrogen (secondary N) is 1. The van der Waals surface area contributed by atoms with Crippen LogP contribution in [0.2, 0.25) is 0 Å². The average molecular weight is 262 g/mol. The lowest BCUT2D eigenvalue weighted by molar-refractivity contribution is 0.0691. The average Bonchev–Trinajstić information content (AvgIpc) is 2.87. The molecule has 1 aromatic carbocycles. The Kier molecular flexibility index (Phi) is 3.69. The van der Waals surface area contributed by atoms with Gasteiger partial charge < -0.3 is 10.4 Å². The normalized spacial score (nSPS) is 10.0. The van der Waals surface area contributed by atoms with Gasteiger partial charge in [-0.3, -0.25) is 4.79 Å². The predicted molar refractivity (Wildman–Crippen MR) is 66.7 cm³/mol. The van der Waals surface area contributed by atoms with Gasteiger partial charge in [-0.2, -0.15) is 0 Å². The predicted octanol–water partition coefficient (Wildman–Crippen LogP) is 1.77. The van der Waals surface area contributed by atoms with Crippen molar-refractivity contribution in [3.05, 3.63) is 52.0 Å². The largest absolute Gasteiger partial charge is 0.476 e. The molecule has 18 heavy (non-hydrogen) atoms. The summed E-state index contributed by atoms with van der Waals surface area (Å²) in [6.07, 6.45) is 0. The van der Waals surface area contributed by atoms with Crippen molar-refractivity contribution in [3.8, 4) is 0 Å². The number of rotatable bonds is 4. The van der Waals surface area contributed by atoms with Crippen molar-refractivity contribution < 1.29 is 14.7 Å². The number of thiazole rings is 1. The fourth-order valence-electron chi connectivity index (χ4n) is 1.33. The molecule has 0 fully saturated rings. The Morgan fingerprint density at radius 2 is 2.00 bits per heavy atom. The summed E-state index contributed by atoms with van der Waals surface area (Å²) in [4.78, 5) is 26.1. The first kappa shape index (κ1) is 12.3. The number of aromatic nitrogens is 1. The maximum atomic E-state index is 11.7. The molecule has 0 bridgehead atoms. The van der Waals surface area contributed by atoms with Crippen LogP contribution >= 0.6 is 11.3 Å². The third kappa shape index (κ3) is 2.92. The molecule has 5 nitrogen and oxygen atoms in total. The van der Waals surface area contributed by atoms with Crippen LogP contribution in [-0.2, 0) is 6.54 Å². The molecule has 0 aliphatic rings. The van der Waals surface area contributed by atoms with E-state index >= 15 is 0 Å². The summed E-state index contributed by atoms with van der Waals surface area (Å²) in [6.45, 7) is 0.391. The molecule has 0 aliphatic heterocycles. The van der Waals surface area contributed by atoms with E-state index in [4.69, 9.17) is 5.11 Å². The second-order valence-electron chi connectivity index (χ2n) is 3.51. The smallest absolute Gasteiger partial charge is 0.355 e. The van der Waals surface area contributed by atoms with E-state index in [9.17, 15) is 9.59 Å². The van der Waals surface area contributed by atoms with Crippen LogP contribution in [0.1, 0.15) is 25.9 Å². The van der Waals surface area contributed by atoms with Crippen LogP contribution < -0.4 is 5.32 Å². The van der Waals surface area contributed by atoms with Crippen LogP contribution in [0.5, 0.6) is 0 Å². The monoisotopic (exact) mass is 262 g/mol. The van der Waals surface area contributed by atoms with E-state index < -0.39 is 5.97 Å². The first-order valence-electron chi connectivity index (χ1n) is 5.18. The number of nitrogens with zero attached hydrogens (tertiary/aromatic N) is 1. The second kappa shape index (κ2) is 5.42. The lowest BCUT2D eigenvalue weighted by Gasteiger charge is -2.02. The lowest BCUT2D eigenvalue weighted by atomic mass is 10.2. The molecule has 2 aromatic rings. The first-order chi connectivity index (χ1) is 8.66. The van der Waals surface area contributed by atoms with Gasteiger partial charge in [-0.1, -0.05) is 30.3 Å². The maximum absolute atomic E-state index is 11.7. The molecule has 2 N–H and O–H groups in total. The summed E-state index contributed by atoms with van der Waals surface area (Å²) < 4.78 is 0. The molecule has 6 heteroatoms. The van der Waals surface area contributed by atoms with Crippen LogP contribution in [0.25, 0.3) is 0 Å². The molecule has 0 saturated heterocycles. The highest BCUT2D eigenvalue weighted by Gasteiger charge is 2.14. The highest BCUT2D eigenvalue weighted by atomic mass is 32.1. The molecular weight excluding hydrogens is 252 g/mol. The maximum Gasteiger partial charge on any atom is 0.355 e. The molecule has 1 amide bonds. The van der Waals surface area contributed by atoms with E-state index in [1.165, 1.54) is 5.38 Å². The third-order valence-corrected chi connectivity index (χ3v) is 3.05. The van der Waals surface area contributed by atoms with Gasteiger partial charge in [-0.15, -0.1) is 11.3 Å². The van der Waals surface area contributed by atoms with E-state index in [0.29, 0.717) is 6.54 Å². The van der Waals surface area contributed by atoms with Gasteiger partial charge in [-0.05, 0) is 5.56 Å². The van der Waals surface area contributed by atoms with Gasteiger partial charge in [0.2, 0.25) is 0 Å². The Bertz CT molecular complexity index is 566. The van der Waals surface area contributed by atoms with Gasteiger partial charge in [0.15, 0.2) is 10.7 Å². The summed E-state index contributed by atoms with van der Waals surface area (Å²) >= 11 is 1.02. The number of carbonyl (C=O) groups excluding carboxylic acids is 1. The topological polar surface area (TPSA) is 79.3 Å². The molecule has 92 valence electrons. The fourth-order valence-corrected chi connectivity index (χ4v) is 2.04. The van der Waals surface area contributed by atoms with E-state index in [1.54, 1.807) is 0 Å². The van der Waals surface area contributed by atoms with Crippen LogP contribution in [-0.4, -0.2) is 22.0 Å². The molecule has 0 saturated carbocycles. The SMILES string of the molecule is O=C(O)c1csc(C(=O)NCc2ccccc2)n1. The highest BCUT2D eigenvalue weighted by molar-refractivity contribution is 7.11. The highest BCUT2D eigenvalue weighted by Crippen LogP contribution is 2.09. The first-order valence-corrected chi connectivity index (χ1v) is 6.06. The van der Waals surface area contributed by atoms with Crippen LogP contribution in [0.15, 0.2) is 35.7 Å². The van der Waals surface area contributed by atoms with Crippen molar-refractivity contribution in [3.63, 3.8) is 0 Å². The zero-order valence-electron chi connectivity index (χ0n) is 9.29. The third-order valence-electron chi connectivity index (χ3n) is 2.21. The van der Waals surface area contributed by atoms with E-state index in [2.05, 4.69) is 10.3 Å². The van der Waals surface area contributed by atoms with Gasteiger partial charge >= 0.3 is 5.97 Å². The van der Waals surface area contributed by atoms with Gasteiger partial charge in [0, 0.05) is 11.9 Å². The molecule has 0 atom stereocenters. The minimum atomic E-state index is -1.13. The van der Waals surface area contributed by atoms with Gasteiger partial charge in [0.1, 0.15) is 0 Å². The van der Waals surface area contributed by atoms with E-state index in [0.717, 1.165) is 16.9 Å². The Hall–Kier alpha value is -2.21. The minimum Gasteiger partial charge on any atom is -0.476 e. The quantitative estimate of drug-likeness (QED) is 0.880. The summed E-state index contributed by atoms with van der Waals surface area (Å²) in [6, 6.07) is 9.45. The molecule has 0 aliphatic carbocycles. The fraction of sp³-hybridized carbons (Fsp3) is 0.0833. The Morgan fingerprint density at radius 3 is 2.61 bits per heavy atom. The molecular formula is C12H10N2O3S. The van der Waals surface area contributed by atoms with Crippen LogP contribution in [0.4, 0.5) is 0 Å². The zero-order valence-corrected chi connectivity index (χ0v) is 10.1. The summed E-state index contributed by atoms with van der Waals surface area (Å²) in [7, 11) is 0. The van der Waals surface area contributed by atoms with Crippen molar-refractivity contribution in [1.29, 1.82) is 0 Å². The van der Waals surface area contributed by atoms with Gasteiger partial charge in [0.25, 0.3) is 5.91 Å². The van der Waals surface area contributed by atoms with E-state index in [1.807, 2.05) is 30.3 Å². The van der Waals surface area contributed by atoms with Crippen LogP contribution in [0, 0.1) is 0 Å². The molecule has 1 heterocycles. The standard InChI is InChI=1S/C12H10N2O3S/c15-10(11-14-9(7-18-11)12(16)17)13-6-8-4-2-1-3-5-8/h1-5,7H,6H2,(H,13,15)(H,16,17). The zero-order chi connectivity index (χ0) is 13.0. The number of benzene rings is 1. The molecule has 2 rings (SSSR count). The minimum absolute atomic E-state index is 0.107. The van der Waals surface area contributed by atoms with Crippen molar-refractivity contribution >= 4 is 23.2 Å². The summed E-state index contributed by atoms with van der Waals surface area (Å²) in [5, 5.41) is 12.9. The lowest BCUT2D eigenvalue weighted by Crippen LogP contribution is -2.22. The van der Waals surface area contributed by atoms with Gasteiger partial charge in [0.05, 0.1) is 0 Å². The van der Waals surface area contributed by atoms with Crippen molar-refractivity contribution in [2.75, 3.05) is 0 Å². The number of hydrogen-bond donors (Lipinski definition) is 2. The molecule has 0 unspecified atom stereocenters. The second-order valence-corrected chi connectivity index (χ2v) is 4.37. The molecule has 0 spiro atoms. The number of aromatic carboxylic acids is 1. The van der Waals surface area contributed by atoms with Crippen molar-refractivity contribution in [2.45, 2.75) is 6.54 Å². The Labute approximate surface area is 107 Å².